The number of oxazole rings is 1. The molecule has 3 aliphatic rings. The molecule has 8 heteroatoms. The van der Waals surface area contributed by atoms with Crippen molar-refractivity contribution in [1.29, 1.82) is 0 Å². The topological polar surface area (TPSA) is 81.6 Å². The van der Waals surface area contributed by atoms with Crippen LogP contribution in [0.3, 0.4) is 0 Å². The molecule has 3 fully saturated rings. The molecular formula is C15H16ClN3O3S. The van der Waals surface area contributed by atoms with Crippen molar-refractivity contribution in [2.24, 2.45) is 11.7 Å². The zero-order valence-electron chi connectivity index (χ0n) is 12.3. The standard InChI is InChI=1S/C15H16ClN3O3S/c16-15-18-6-11(22-15)21-12-5-9(13(23-12)14(17)20)10-7-19-3-1-8(10)2-4-19/h5-6,8,10H,1-4,7H2,(H2,17,20). The zero-order chi connectivity index (χ0) is 16.0. The maximum absolute atomic E-state index is 11.8. The van der Waals surface area contributed by atoms with Gasteiger partial charge in [0.05, 0.1) is 4.88 Å². The number of piperidine rings is 3. The number of halogens is 1. The number of hydrogen-bond donors (Lipinski definition) is 1. The summed E-state index contributed by atoms with van der Waals surface area (Å²) >= 11 is 6.89. The van der Waals surface area contributed by atoms with Gasteiger partial charge in [-0.2, -0.15) is 0 Å². The third-order valence-electron chi connectivity index (χ3n) is 4.68. The SMILES string of the molecule is NC(=O)c1sc(Oc2cnc(Cl)o2)cc1C1CN2CCC1CC2. The quantitative estimate of drug-likeness (QED) is 0.913. The van der Waals surface area contributed by atoms with E-state index in [4.69, 9.17) is 26.5 Å². The molecule has 1 unspecified atom stereocenters. The van der Waals surface area contributed by atoms with Gasteiger partial charge in [0.15, 0.2) is 5.06 Å². The second-order valence-electron chi connectivity index (χ2n) is 5.99. The number of hydrogen-bond acceptors (Lipinski definition) is 6. The third kappa shape index (κ3) is 2.84. The molecule has 5 heterocycles. The van der Waals surface area contributed by atoms with E-state index in [2.05, 4.69) is 9.88 Å². The maximum atomic E-state index is 11.8. The largest absolute Gasteiger partial charge is 0.414 e. The minimum atomic E-state index is -0.410. The van der Waals surface area contributed by atoms with E-state index < -0.39 is 5.91 Å². The van der Waals surface area contributed by atoms with Crippen LogP contribution in [0.1, 0.15) is 34.0 Å². The molecule has 5 rings (SSSR count). The highest BCUT2D eigenvalue weighted by Crippen LogP contribution is 2.44. The predicted molar refractivity (Wildman–Crippen MR) is 86.3 cm³/mol. The van der Waals surface area contributed by atoms with Crippen LogP contribution in [0.25, 0.3) is 0 Å². The van der Waals surface area contributed by atoms with E-state index in [0.29, 0.717) is 21.8 Å². The van der Waals surface area contributed by atoms with Crippen molar-refractivity contribution in [3.8, 4) is 11.0 Å². The van der Waals surface area contributed by atoms with Gasteiger partial charge >= 0.3 is 5.95 Å². The van der Waals surface area contributed by atoms with Crippen molar-refractivity contribution in [2.75, 3.05) is 19.6 Å². The van der Waals surface area contributed by atoms with Gasteiger partial charge in [0, 0.05) is 12.5 Å². The molecule has 2 aromatic rings. The lowest BCUT2D eigenvalue weighted by Crippen LogP contribution is -2.46. The van der Waals surface area contributed by atoms with Crippen molar-refractivity contribution >= 4 is 28.8 Å². The highest BCUT2D eigenvalue weighted by Gasteiger charge is 2.37. The average Bonchev–Trinajstić information content (AvgIpc) is 3.15. The Bertz CT molecular complexity index is 736. The lowest BCUT2D eigenvalue weighted by molar-refractivity contribution is 0.0859. The lowest BCUT2D eigenvalue weighted by atomic mass is 9.75. The number of carbonyl (C=O) groups is 1. The molecule has 0 aliphatic carbocycles. The van der Waals surface area contributed by atoms with E-state index in [0.717, 1.165) is 25.2 Å². The van der Waals surface area contributed by atoms with E-state index in [1.54, 1.807) is 0 Å². The van der Waals surface area contributed by atoms with Crippen LogP contribution in [0, 0.1) is 5.92 Å². The number of ether oxygens (including phenoxy) is 1. The molecule has 1 atom stereocenters. The van der Waals surface area contributed by atoms with E-state index in [-0.39, 0.29) is 11.3 Å². The molecule has 0 aromatic carbocycles. The van der Waals surface area contributed by atoms with Crippen LogP contribution in [-0.4, -0.2) is 35.4 Å². The van der Waals surface area contributed by atoms with Gasteiger partial charge in [0.25, 0.3) is 11.3 Å². The number of primary amides is 1. The summed E-state index contributed by atoms with van der Waals surface area (Å²) in [6.45, 7) is 3.28. The first kappa shape index (κ1) is 15.0. The van der Waals surface area contributed by atoms with Crippen LogP contribution in [0.5, 0.6) is 11.0 Å². The maximum Gasteiger partial charge on any atom is 0.312 e. The van der Waals surface area contributed by atoms with Gasteiger partial charge in [-0.25, -0.2) is 4.98 Å². The van der Waals surface area contributed by atoms with Gasteiger partial charge in [-0.1, -0.05) is 11.3 Å². The average molecular weight is 354 g/mol. The first-order chi connectivity index (χ1) is 11.1. The Morgan fingerprint density at radius 2 is 2.26 bits per heavy atom. The second-order valence-corrected chi connectivity index (χ2v) is 7.33. The van der Waals surface area contributed by atoms with Gasteiger partial charge in [0.2, 0.25) is 0 Å². The Labute approximate surface area is 142 Å². The molecule has 0 saturated carbocycles. The fourth-order valence-electron chi connectivity index (χ4n) is 3.60. The molecule has 122 valence electrons. The molecule has 2 bridgehead atoms. The molecule has 1 amide bonds. The van der Waals surface area contributed by atoms with E-state index in [1.165, 1.54) is 30.4 Å². The summed E-state index contributed by atoms with van der Waals surface area (Å²) < 4.78 is 10.7. The number of aromatic nitrogens is 1. The van der Waals surface area contributed by atoms with Crippen LogP contribution < -0.4 is 10.5 Å². The molecule has 6 nitrogen and oxygen atoms in total. The van der Waals surface area contributed by atoms with Crippen LogP contribution >= 0.6 is 22.9 Å². The van der Waals surface area contributed by atoms with E-state index in [9.17, 15) is 4.79 Å². The Morgan fingerprint density at radius 3 is 2.83 bits per heavy atom. The number of fused-ring (bicyclic) bond motifs is 3. The van der Waals surface area contributed by atoms with E-state index >= 15 is 0 Å². The van der Waals surface area contributed by atoms with Crippen molar-refractivity contribution in [3.05, 3.63) is 28.1 Å². The summed E-state index contributed by atoms with van der Waals surface area (Å²) in [4.78, 5) is 18.6. The van der Waals surface area contributed by atoms with Gasteiger partial charge in [-0.15, -0.1) is 0 Å². The Kier molecular flexibility index (Phi) is 3.79. The van der Waals surface area contributed by atoms with Gasteiger partial charge in [-0.05, 0) is 55.1 Å². The van der Waals surface area contributed by atoms with Crippen molar-refractivity contribution in [3.63, 3.8) is 0 Å². The summed E-state index contributed by atoms with van der Waals surface area (Å²) in [5, 5.41) is 0.586. The number of amides is 1. The third-order valence-corrected chi connectivity index (χ3v) is 5.89. The minimum Gasteiger partial charge on any atom is -0.414 e. The summed E-state index contributed by atoms with van der Waals surface area (Å²) in [5.74, 6) is 0.742. The van der Waals surface area contributed by atoms with E-state index in [1.807, 2.05) is 6.07 Å². The monoisotopic (exact) mass is 353 g/mol. The molecule has 2 aromatic heterocycles. The highest BCUT2D eigenvalue weighted by atomic mass is 35.5. The van der Waals surface area contributed by atoms with Crippen LogP contribution in [0.15, 0.2) is 16.7 Å². The Morgan fingerprint density at radius 1 is 1.48 bits per heavy atom. The van der Waals surface area contributed by atoms with Crippen molar-refractivity contribution in [2.45, 2.75) is 18.8 Å². The van der Waals surface area contributed by atoms with Crippen molar-refractivity contribution in [1.82, 2.24) is 9.88 Å². The van der Waals surface area contributed by atoms with Gasteiger partial charge in [0.1, 0.15) is 6.20 Å². The fraction of sp³-hybridized carbons (Fsp3) is 0.467. The Balaban J connectivity index is 1.64. The number of rotatable bonds is 4. The highest BCUT2D eigenvalue weighted by molar-refractivity contribution is 7.16. The minimum absolute atomic E-state index is 0.0179. The fourth-order valence-corrected chi connectivity index (χ4v) is 4.67. The van der Waals surface area contributed by atoms with Crippen molar-refractivity contribution < 1.29 is 13.9 Å². The summed E-state index contributed by atoms with van der Waals surface area (Å²) in [6.07, 6.45) is 3.75. The molecule has 3 saturated heterocycles. The zero-order valence-corrected chi connectivity index (χ0v) is 13.9. The summed E-state index contributed by atoms with van der Waals surface area (Å²) in [5.41, 5.74) is 6.57. The summed E-state index contributed by atoms with van der Waals surface area (Å²) in [6, 6.07) is 1.91. The number of nitrogens with zero attached hydrogens (tertiary/aromatic N) is 2. The molecule has 3 aliphatic heterocycles. The molecule has 0 radical (unpaired) electrons. The summed E-state index contributed by atoms with van der Waals surface area (Å²) in [7, 11) is 0. The molecule has 23 heavy (non-hydrogen) atoms. The molecular weight excluding hydrogens is 338 g/mol. The normalized spacial score (nSPS) is 26.4. The Hall–Kier alpha value is -1.57. The number of carbonyl (C=O) groups excluding carboxylic acids is 1. The number of thiophene rings is 1. The van der Waals surface area contributed by atoms with Crippen LogP contribution in [0.2, 0.25) is 5.35 Å². The predicted octanol–water partition coefficient (Wildman–Crippen LogP) is 3.09. The first-order valence-corrected chi connectivity index (χ1v) is 8.74. The lowest BCUT2D eigenvalue weighted by Gasteiger charge is -2.45. The van der Waals surface area contributed by atoms with Crippen LogP contribution in [-0.2, 0) is 0 Å². The smallest absolute Gasteiger partial charge is 0.312 e. The first-order valence-electron chi connectivity index (χ1n) is 7.55. The van der Waals surface area contributed by atoms with Crippen LogP contribution in [0.4, 0.5) is 0 Å². The van der Waals surface area contributed by atoms with Gasteiger partial charge < -0.3 is 19.8 Å². The second kappa shape index (κ2) is 5.81. The molecule has 2 N–H and O–H groups in total. The molecule has 0 spiro atoms. The number of nitrogens with two attached hydrogens (primary N) is 1. The van der Waals surface area contributed by atoms with Gasteiger partial charge in [-0.3, -0.25) is 4.79 Å².